The van der Waals surface area contributed by atoms with Gasteiger partial charge >= 0.3 is 0 Å². The zero-order valence-electron chi connectivity index (χ0n) is 13.4. The molecule has 0 saturated heterocycles. The Kier molecular flexibility index (Phi) is 6.24. The van der Waals surface area contributed by atoms with Gasteiger partial charge in [0.2, 0.25) is 5.91 Å². The highest BCUT2D eigenvalue weighted by atomic mass is 16.2. The maximum absolute atomic E-state index is 12.6. The van der Waals surface area contributed by atoms with E-state index in [0.717, 1.165) is 26.1 Å². The van der Waals surface area contributed by atoms with E-state index < -0.39 is 0 Å². The Morgan fingerprint density at radius 3 is 2.38 bits per heavy atom. The van der Waals surface area contributed by atoms with Crippen molar-refractivity contribution in [1.29, 1.82) is 0 Å². The van der Waals surface area contributed by atoms with E-state index in [0.29, 0.717) is 11.8 Å². The van der Waals surface area contributed by atoms with Gasteiger partial charge in [-0.05, 0) is 38.4 Å². The fraction of sp³-hybridized carbons (Fsp3) is 0.611. The maximum Gasteiger partial charge on any atom is 0.223 e. The number of hydrogen-bond donors (Lipinski definition) is 0. The minimum absolute atomic E-state index is 0.326. The number of nitrogens with zero attached hydrogens (tertiary/aromatic N) is 2. The van der Waals surface area contributed by atoms with Crippen molar-refractivity contribution in [3.05, 3.63) is 35.9 Å². The van der Waals surface area contributed by atoms with Gasteiger partial charge in [0, 0.05) is 26.1 Å². The zero-order valence-corrected chi connectivity index (χ0v) is 13.4. The lowest BCUT2D eigenvalue weighted by molar-refractivity contribution is -0.133. The molecular formula is C18H28N2O. The van der Waals surface area contributed by atoms with E-state index in [-0.39, 0.29) is 0 Å². The van der Waals surface area contributed by atoms with Crippen LogP contribution in [-0.2, 0) is 11.3 Å². The molecule has 0 radical (unpaired) electrons. The molecule has 1 aliphatic rings. The molecule has 1 aliphatic carbocycles. The van der Waals surface area contributed by atoms with Gasteiger partial charge < -0.3 is 9.80 Å². The molecule has 0 aliphatic heterocycles. The van der Waals surface area contributed by atoms with Crippen molar-refractivity contribution in [2.45, 2.75) is 38.6 Å². The molecule has 116 valence electrons. The van der Waals surface area contributed by atoms with Gasteiger partial charge in [-0.2, -0.15) is 0 Å². The maximum atomic E-state index is 12.6. The first-order chi connectivity index (χ1) is 10.1. The van der Waals surface area contributed by atoms with Crippen molar-refractivity contribution in [2.24, 2.45) is 5.92 Å². The summed E-state index contributed by atoms with van der Waals surface area (Å²) in [4.78, 5) is 16.8. The molecular weight excluding hydrogens is 260 g/mol. The van der Waals surface area contributed by atoms with E-state index in [9.17, 15) is 4.79 Å². The number of carbonyl (C=O) groups excluding carboxylic acids is 1. The average Bonchev–Trinajstić information content (AvgIpc) is 2.97. The minimum atomic E-state index is 0.326. The topological polar surface area (TPSA) is 23.6 Å². The Morgan fingerprint density at radius 2 is 1.76 bits per heavy atom. The van der Waals surface area contributed by atoms with Crippen molar-refractivity contribution in [3.63, 3.8) is 0 Å². The number of likely N-dealkylation sites (N-methyl/N-ethyl adjacent to an activating group) is 1. The second-order valence-electron chi connectivity index (χ2n) is 6.46. The first-order valence-corrected chi connectivity index (χ1v) is 8.11. The number of rotatable bonds is 7. The first-order valence-electron chi connectivity index (χ1n) is 8.11. The molecule has 1 fully saturated rings. The molecule has 1 saturated carbocycles. The van der Waals surface area contributed by atoms with Gasteiger partial charge in [0.25, 0.3) is 0 Å². The predicted octanol–water partition coefficient (Wildman–Crippen LogP) is 3.16. The summed E-state index contributed by atoms with van der Waals surface area (Å²) in [5, 5.41) is 0. The van der Waals surface area contributed by atoms with Crippen LogP contribution in [0, 0.1) is 5.92 Å². The Hall–Kier alpha value is -1.35. The summed E-state index contributed by atoms with van der Waals surface area (Å²) in [6, 6.07) is 10.3. The second-order valence-corrected chi connectivity index (χ2v) is 6.46. The van der Waals surface area contributed by atoms with Crippen LogP contribution in [0.4, 0.5) is 0 Å². The number of hydrogen-bond acceptors (Lipinski definition) is 2. The summed E-state index contributed by atoms with van der Waals surface area (Å²) >= 11 is 0. The summed E-state index contributed by atoms with van der Waals surface area (Å²) in [7, 11) is 4.12. The molecule has 0 aromatic heterocycles. The normalized spacial score (nSPS) is 15.6. The Balaban J connectivity index is 1.94. The highest BCUT2D eigenvalue weighted by Gasteiger charge is 2.22. The second kappa shape index (κ2) is 8.18. The number of carbonyl (C=O) groups is 1. The van der Waals surface area contributed by atoms with Crippen molar-refractivity contribution < 1.29 is 4.79 Å². The third-order valence-corrected chi connectivity index (χ3v) is 4.32. The molecule has 0 bridgehead atoms. The monoisotopic (exact) mass is 288 g/mol. The van der Waals surface area contributed by atoms with Gasteiger partial charge in [-0.15, -0.1) is 0 Å². The van der Waals surface area contributed by atoms with Crippen LogP contribution < -0.4 is 0 Å². The Labute approximate surface area is 128 Å². The molecule has 3 nitrogen and oxygen atoms in total. The van der Waals surface area contributed by atoms with E-state index in [1.807, 2.05) is 23.1 Å². The van der Waals surface area contributed by atoms with Crippen molar-refractivity contribution in [2.75, 3.05) is 27.2 Å². The highest BCUT2D eigenvalue weighted by Crippen LogP contribution is 2.28. The molecule has 0 unspecified atom stereocenters. The van der Waals surface area contributed by atoms with E-state index in [1.165, 1.54) is 31.2 Å². The van der Waals surface area contributed by atoms with Gasteiger partial charge in [0.15, 0.2) is 0 Å². The molecule has 0 atom stereocenters. The molecule has 3 heteroatoms. The lowest BCUT2D eigenvalue weighted by Gasteiger charge is -2.26. The van der Waals surface area contributed by atoms with Crippen LogP contribution in [0.2, 0.25) is 0 Å². The van der Waals surface area contributed by atoms with Gasteiger partial charge in [-0.3, -0.25) is 4.79 Å². The van der Waals surface area contributed by atoms with Crippen molar-refractivity contribution in [3.8, 4) is 0 Å². The summed E-state index contributed by atoms with van der Waals surface area (Å²) < 4.78 is 0. The van der Waals surface area contributed by atoms with Crippen LogP contribution >= 0.6 is 0 Å². The molecule has 0 heterocycles. The number of amides is 1. The van der Waals surface area contributed by atoms with E-state index in [2.05, 4.69) is 31.1 Å². The smallest absolute Gasteiger partial charge is 0.223 e. The van der Waals surface area contributed by atoms with Crippen LogP contribution in [0.15, 0.2) is 30.3 Å². The van der Waals surface area contributed by atoms with Gasteiger partial charge in [0.1, 0.15) is 0 Å². The third-order valence-electron chi connectivity index (χ3n) is 4.32. The highest BCUT2D eigenvalue weighted by molar-refractivity contribution is 5.76. The van der Waals surface area contributed by atoms with Gasteiger partial charge in [-0.25, -0.2) is 0 Å². The summed E-state index contributed by atoms with van der Waals surface area (Å²) in [6.07, 6.45) is 5.81. The summed E-state index contributed by atoms with van der Waals surface area (Å²) in [5.74, 6) is 0.947. The van der Waals surface area contributed by atoms with E-state index in [1.54, 1.807) is 0 Å². The van der Waals surface area contributed by atoms with Crippen LogP contribution in [0.3, 0.4) is 0 Å². The largest absolute Gasteiger partial charge is 0.337 e. The predicted molar refractivity (Wildman–Crippen MR) is 87.0 cm³/mol. The molecule has 0 N–H and O–H groups in total. The Bertz CT molecular complexity index is 424. The Morgan fingerprint density at radius 1 is 1.10 bits per heavy atom. The lowest BCUT2D eigenvalue weighted by Crippen LogP contribution is -2.36. The molecule has 0 spiro atoms. The molecule has 2 rings (SSSR count). The summed E-state index contributed by atoms with van der Waals surface area (Å²) in [6.45, 7) is 2.47. The fourth-order valence-corrected chi connectivity index (χ4v) is 3.01. The summed E-state index contributed by atoms with van der Waals surface area (Å²) in [5.41, 5.74) is 1.22. The fourth-order valence-electron chi connectivity index (χ4n) is 3.01. The first kappa shape index (κ1) is 16.0. The van der Waals surface area contributed by atoms with Crippen LogP contribution in [0.1, 0.15) is 37.7 Å². The van der Waals surface area contributed by atoms with Crippen molar-refractivity contribution >= 4 is 5.91 Å². The SMILES string of the molecule is CN(C)CCN(Cc1ccccc1)C(=O)CC1CCCC1. The van der Waals surface area contributed by atoms with Crippen LogP contribution in [0.25, 0.3) is 0 Å². The third kappa shape index (κ3) is 5.50. The van der Waals surface area contributed by atoms with E-state index in [4.69, 9.17) is 0 Å². The minimum Gasteiger partial charge on any atom is -0.337 e. The molecule has 1 amide bonds. The standard InChI is InChI=1S/C18H28N2O/c1-19(2)12-13-20(15-17-10-4-3-5-11-17)18(21)14-16-8-6-7-9-16/h3-5,10-11,16H,6-9,12-15H2,1-2H3. The quantitative estimate of drug-likeness (QED) is 0.769. The lowest BCUT2D eigenvalue weighted by atomic mass is 10.0. The molecule has 1 aromatic rings. The van der Waals surface area contributed by atoms with Crippen LogP contribution in [0.5, 0.6) is 0 Å². The van der Waals surface area contributed by atoms with E-state index >= 15 is 0 Å². The number of benzene rings is 1. The molecule has 21 heavy (non-hydrogen) atoms. The van der Waals surface area contributed by atoms with Crippen molar-refractivity contribution in [1.82, 2.24) is 9.80 Å². The molecule has 1 aromatic carbocycles. The van der Waals surface area contributed by atoms with Crippen LogP contribution in [-0.4, -0.2) is 42.9 Å². The van der Waals surface area contributed by atoms with Gasteiger partial charge in [0.05, 0.1) is 0 Å². The average molecular weight is 288 g/mol. The van der Waals surface area contributed by atoms with Gasteiger partial charge in [-0.1, -0.05) is 43.2 Å². The zero-order chi connectivity index (χ0) is 15.1.